The van der Waals surface area contributed by atoms with Crippen molar-refractivity contribution in [2.24, 2.45) is 7.05 Å². The van der Waals surface area contributed by atoms with E-state index in [-0.39, 0.29) is 16.8 Å². The summed E-state index contributed by atoms with van der Waals surface area (Å²) in [7, 11) is -1.46. The van der Waals surface area contributed by atoms with E-state index in [1.165, 1.54) is 18.3 Å². The third-order valence-corrected chi connectivity index (χ3v) is 4.33. The smallest absolute Gasteiger partial charge is 0.270 e. The molecule has 21 heavy (non-hydrogen) atoms. The van der Waals surface area contributed by atoms with Gasteiger partial charge in [-0.05, 0) is 24.6 Å². The van der Waals surface area contributed by atoms with Gasteiger partial charge in [0.1, 0.15) is 5.69 Å². The maximum absolute atomic E-state index is 12.1. The number of benzene rings is 1. The van der Waals surface area contributed by atoms with Gasteiger partial charge in [0, 0.05) is 13.3 Å². The van der Waals surface area contributed by atoms with Crippen LogP contribution in [0.1, 0.15) is 29.0 Å². The number of nitrogens with zero attached hydrogens (tertiary/aromatic N) is 2. The lowest BCUT2D eigenvalue weighted by molar-refractivity contribution is 0.0931. The number of carbonyl (C=O) groups excluding carboxylic acids is 1. The first-order chi connectivity index (χ1) is 9.79. The minimum absolute atomic E-state index is 0.227. The average molecular weight is 307 g/mol. The molecule has 2 aromatic rings. The molecule has 0 aliphatic carbocycles. The zero-order valence-corrected chi connectivity index (χ0v) is 12.9. The van der Waals surface area contributed by atoms with E-state index >= 15 is 0 Å². The predicted octanol–water partition coefficient (Wildman–Crippen LogP) is 1.31. The number of aryl methyl sites for hydroxylation is 1. The van der Waals surface area contributed by atoms with Crippen LogP contribution in [0, 0.1) is 0 Å². The van der Waals surface area contributed by atoms with E-state index in [0.717, 1.165) is 11.8 Å². The molecule has 0 unspecified atom stereocenters. The van der Waals surface area contributed by atoms with Crippen molar-refractivity contribution in [1.82, 2.24) is 14.9 Å². The van der Waals surface area contributed by atoms with E-state index in [0.29, 0.717) is 5.69 Å². The third-order valence-electron chi connectivity index (χ3n) is 3.21. The molecular weight excluding hydrogens is 290 g/mol. The second-order valence-corrected chi connectivity index (χ2v) is 6.94. The van der Waals surface area contributed by atoms with Crippen LogP contribution in [0.4, 0.5) is 0 Å². The van der Waals surface area contributed by atoms with Crippen molar-refractivity contribution in [1.29, 1.82) is 0 Å². The maximum Gasteiger partial charge on any atom is 0.270 e. The fourth-order valence-electron chi connectivity index (χ4n) is 1.93. The number of aromatic nitrogens is 2. The lowest BCUT2D eigenvalue weighted by Gasteiger charge is -2.14. The fourth-order valence-corrected chi connectivity index (χ4v) is 2.56. The molecule has 1 aromatic carbocycles. The van der Waals surface area contributed by atoms with E-state index < -0.39 is 9.84 Å². The quantitative estimate of drug-likeness (QED) is 0.923. The topological polar surface area (TPSA) is 81.1 Å². The van der Waals surface area contributed by atoms with E-state index in [2.05, 4.69) is 10.3 Å². The number of sulfone groups is 1. The molecule has 0 radical (unpaired) electrons. The number of hydrogen-bond acceptors (Lipinski definition) is 4. The maximum atomic E-state index is 12.1. The SMILES string of the molecule is C[C@H](NC(=O)c1cncn1C)c1ccc(S(C)(=O)=O)cc1. The zero-order valence-electron chi connectivity index (χ0n) is 12.1. The summed E-state index contributed by atoms with van der Waals surface area (Å²) in [4.78, 5) is 16.2. The number of amides is 1. The number of hydrogen-bond donors (Lipinski definition) is 1. The van der Waals surface area contributed by atoms with E-state index in [1.807, 2.05) is 6.92 Å². The molecule has 0 fully saturated rings. The van der Waals surface area contributed by atoms with Crippen LogP contribution in [0.5, 0.6) is 0 Å². The van der Waals surface area contributed by atoms with Crippen LogP contribution in [0.3, 0.4) is 0 Å². The van der Waals surface area contributed by atoms with Gasteiger partial charge in [0.25, 0.3) is 5.91 Å². The van der Waals surface area contributed by atoms with Gasteiger partial charge in [-0.2, -0.15) is 0 Å². The molecule has 6 nitrogen and oxygen atoms in total. The van der Waals surface area contributed by atoms with E-state index in [4.69, 9.17) is 0 Å². The molecule has 0 aliphatic rings. The molecule has 1 aromatic heterocycles. The largest absolute Gasteiger partial charge is 0.344 e. The molecule has 2 rings (SSSR count). The van der Waals surface area contributed by atoms with Crippen LogP contribution in [0.2, 0.25) is 0 Å². The lowest BCUT2D eigenvalue weighted by atomic mass is 10.1. The highest BCUT2D eigenvalue weighted by atomic mass is 32.2. The third kappa shape index (κ3) is 3.49. The second-order valence-electron chi connectivity index (χ2n) is 4.93. The van der Waals surface area contributed by atoms with Crippen LogP contribution in [-0.4, -0.2) is 30.1 Å². The van der Waals surface area contributed by atoms with Gasteiger partial charge >= 0.3 is 0 Å². The first-order valence-corrected chi connectivity index (χ1v) is 8.25. The number of rotatable bonds is 4. The Labute approximate surface area is 123 Å². The van der Waals surface area contributed by atoms with Crippen molar-refractivity contribution in [3.63, 3.8) is 0 Å². The van der Waals surface area contributed by atoms with Gasteiger partial charge in [0.05, 0.1) is 23.5 Å². The first-order valence-electron chi connectivity index (χ1n) is 6.36. The number of nitrogens with one attached hydrogen (secondary N) is 1. The highest BCUT2D eigenvalue weighted by molar-refractivity contribution is 7.90. The van der Waals surface area contributed by atoms with Crippen LogP contribution in [-0.2, 0) is 16.9 Å². The highest BCUT2D eigenvalue weighted by Gasteiger charge is 2.15. The number of carbonyl (C=O) groups is 1. The minimum atomic E-state index is -3.21. The molecular formula is C14H17N3O3S. The van der Waals surface area contributed by atoms with Crippen LogP contribution in [0.15, 0.2) is 41.7 Å². The van der Waals surface area contributed by atoms with Crippen molar-refractivity contribution in [2.75, 3.05) is 6.26 Å². The molecule has 0 saturated heterocycles. The summed E-state index contributed by atoms with van der Waals surface area (Å²) in [5.74, 6) is -0.227. The minimum Gasteiger partial charge on any atom is -0.344 e. The molecule has 0 saturated carbocycles. The molecule has 1 heterocycles. The molecule has 1 N–H and O–H groups in total. The average Bonchev–Trinajstić information content (AvgIpc) is 2.84. The molecule has 7 heteroatoms. The molecule has 0 bridgehead atoms. The first kappa shape index (κ1) is 15.2. The summed E-state index contributed by atoms with van der Waals surface area (Å²) in [5.41, 5.74) is 1.30. The van der Waals surface area contributed by atoms with Crippen molar-refractivity contribution in [3.05, 3.63) is 48.0 Å². The van der Waals surface area contributed by atoms with Crippen molar-refractivity contribution in [2.45, 2.75) is 17.9 Å². The molecule has 0 spiro atoms. The number of imidazole rings is 1. The summed E-state index contributed by atoms with van der Waals surface area (Å²) < 4.78 is 24.4. The molecule has 1 amide bonds. The van der Waals surface area contributed by atoms with Gasteiger partial charge < -0.3 is 9.88 Å². The molecule has 112 valence electrons. The summed E-state index contributed by atoms with van der Waals surface area (Å²) in [6.07, 6.45) is 4.21. The Morgan fingerprint density at radius 2 is 1.90 bits per heavy atom. The van der Waals surface area contributed by atoms with Crippen molar-refractivity contribution >= 4 is 15.7 Å². The van der Waals surface area contributed by atoms with Crippen molar-refractivity contribution < 1.29 is 13.2 Å². The van der Waals surface area contributed by atoms with Crippen molar-refractivity contribution in [3.8, 4) is 0 Å². The van der Waals surface area contributed by atoms with Crippen LogP contribution >= 0.6 is 0 Å². The molecule has 0 aliphatic heterocycles. The summed E-state index contributed by atoms with van der Waals surface area (Å²) in [6, 6.07) is 6.24. The summed E-state index contributed by atoms with van der Waals surface area (Å²) in [6.45, 7) is 1.84. The Kier molecular flexibility index (Phi) is 4.13. The van der Waals surface area contributed by atoms with E-state index in [1.54, 1.807) is 30.1 Å². The Morgan fingerprint density at radius 1 is 1.29 bits per heavy atom. The summed E-state index contributed by atoms with van der Waals surface area (Å²) >= 11 is 0. The van der Waals surface area contributed by atoms with Gasteiger partial charge in [-0.25, -0.2) is 13.4 Å². The van der Waals surface area contributed by atoms with E-state index in [9.17, 15) is 13.2 Å². The Hall–Kier alpha value is -2.15. The standard InChI is InChI=1S/C14H17N3O3S/c1-10(16-14(18)13-8-15-9-17(13)2)11-4-6-12(7-5-11)21(3,19)20/h4-10H,1-3H3,(H,16,18)/t10-/m0/s1. The Balaban J connectivity index is 2.12. The lowest BCUT2D eigenvalue weighted by Crippen LogP contribution is -2.28. The Bertz CT molecular complexity index is 748. The summed E-state index contributed by atoms with van der Waals surface area (Å²) in [5, 5.41) is 2.85. The normalized spacial score (nSPS) is 12.9. The van der Waals surface area contributed by atoms with Crippen LogP contribution in [0.25, 0.3) is 0 Å². The van der Waals surface area contributed by atoms with Gasteiger partial charge in [-0.1, -0.05) is 12.1 Å². The van der Waals surface area contributed by atoms with Gasteiger partial charge in [-0.3, -0.25) is 4.79 Å². The zero-order chi connectivity index (χ0) is 15.6. The monoisotopic (exact) mass is 307 g/mol. The van der Waals surface area contributed by atoms with Crippen LogP contribution < -0.4 is 5.32 Å². The second kappa shape index (κ2) is 5.69. The predicted molar refractivity (Wildman–Crippen MR) is 78.6 cm³/mol. The van der Waals surface area contributed by atoms with Gasteiger partial charge in [-0.15, -0.1) is 0 Å². The van der Waals surface area contributed by atoms with Gasteiger partial charge in [0.15, 0.2) is 9.84 Å². The molecule has 1 atom stereocenters. The van der Waals surface area contributed by atoms with Gasteiger partial charge in [0.2, 0.25) is 0 Å². The Morgan fingerprint density at radius 3 is 2.38 bits per heavy atom. The fraction of sp³-hybridized carbons (Fsp3) is 0.286. The highest BCUT2D eigenvalue weighted by Crippen LogP contribution is 2.16.